The fourth-order valence-electron chi connectivity index (χ4n) is 2.89. The number of nitrogens with one attached hydrogen (secondary N) is 2. The van der Waals surface area contributed by atoms with Crippen LogP contribution in [0.5, 0.6) is 0 Å². The second-order valence-electron chi connectivity index (χ2n) is 5.29. The number of nitrogens with zero attached hydrogens (tertiary/aromatic N) is 5. The Hall–Kier alpha value is -2.61. The lowest BCUT2D eigenvalue weighted by Crippen LogP contribution is -2.09. The van der Waals surface area contributed by atoms with E-state index in [1.54, 1.807) is 11.8 Å². The number of hydrogen-bond donors (Lipinski definition) is 2. The number of aromatic nitrogens is 6. The molecule has 1 aromatic carbocycles. The van der Waals surface area contributed by atoms with Crippen LogP contribution in [0.2, 0.25) is 0 Å². The summed E-state index contributed by atoms with van der Waals surface area (Å²) in [7, 11) is 0. The van der Waals surface area contributed by atoms with Crippen LogP contribution in [0.4, 0.5) is 5.82 Å². The van der Waals surface area contributed by atoms with E-state index in [4.69, 9.17) is 4.98 Å². The zero-order valence-corrected chi connectivity index (χ0v) is 14.3. The summed E-state index contributed by atoms with van der Waals surface area (Å²) in [6, 6.07) is 8.18. The van der Waals surface area contributed by atoms with Gasteiger partial charge in [-0.3, -0.25) is 5.10 Å². The molecule has 24 heavy (non-hydrogen) atoms. The SMILES string of the molecule is CCn1c(CNc2ncnc3[nH]nc(SC)c23)nc2ccccc21. The van der Waals surface area contributed by atoms with Crippen LogP contribution in [0.3, 0.4) is 0 Å². The lowest BCUT2D eigenvalue weighted by atomic mass is 10.3. The van der Waals surface area contributed by atoms with Gasteiger partial charge in [0, 0.05) is 6.54 Å². The maximum Gasteiger partial charge on any atom is 0.161 e. The van der Waals surface area contributed by atoms with Crippen molar-refractivity contribution in [1.29, 1.82) is 0 Å². The molecule has 0 aliphatic heterocycles. The first kappa shape index (κ1) is 14.9. The second-order valence-corrected chi connectivity index (χ2v) is 6.09. The minimum absolute atomic E-state index is 0.591. The topological polar surface area (TPSA) is 84.3 Å². The van der Waals surface area contributed by atoms with Crippen LogP contribution < -0.4 is 5.32 Å². The summed E-state index contributed by atoms with van der Waals surface area (Å²) in [6.45, 7) is 3.59. The van der Waals surface area contributed by atoms with Gasteiger partial charge < -0.3 is 9.88 Å². The molecule has 3 aromatic heterocycles. The predicted molar refractivity (Wildman–Crippen MR) is 96.2 cm³/mol. The molecule has 0 saturated carbocycles. The lowest BCUT2D eigenvalue weighted by Gasteiger charge is -2.09. The maximum absolute atomic E-state index is 4.74. The molecule has 0 fully saturated rings. The van der Waals surface area contributed by atoms with Crippen molar-refractivity contribution in [2.24, 2.45) is 0 Å². The van der Waals surface area contributed by atoms with Crippen molar-refractivity contribution in [2.75, 3.05) is 11.6 Å². The summed E-state index contributed by atoms with van der Waals surface area (Å²) in [5.74, 6) is 1.76. The van der Waals surface area contributed by atoms with Crippen LogP contribution in [0, 0.1) is 0 Å². The Labute approximate surface area is 142 Å². The summed E-state index contributed by atoms with van der Waals surface area (Å²) in [5.41, 5.74) is 2.90. The number of thioether (sulfide) groups is 1. The molecule has 4 aromatic rings. The van der Waals surface area contributed by atoms with Crippen molar-refractivity contribution >= 4 is 39.6 Å². The molecule has 8 heteroatoms. The number of H-pyrrole nitrogens is 1. The molecule has 4 rings (SSSR count). The van der Waals surface area contributed by atoms with E-state index in [9.17, 15) is 0 Å². The standard InChI is InChI=1S/C16H17N7S/c1-3-23-11-7-5-4-6-10(11)20-12(23)8-17-14-13-15(19-9-18-14)21-22-16(13)24-2/h4-7,9H,3,8H2,1-2H3,(H2,17,18,19,21,22). The van der Waals surface area contributed by atoms with E-state index >= 15 is 0 Å². The number of anilines is 1. The highest BCUT2D eigenvalue weighted by Gasteiger charge is 2.14. The van der Waals surface area contributed by atoms with E-state index < -0.39 is 0 Å². The van der Waals surface area contributed by atoms with Gasteiger partial charge in [-0.25, -0.2) is 15.0 Å². The Morgan fingerprint density at radius 2 is 2.12 bits per heavy atom. The molecule has 122 valence electrons. The molecule has 7 nitrogen and oxygen atoms in total. The fourth-order valence-corrected chi connectivity index (χ4v) is 3.42. The number of benzene rings is 1. The number of fused-ring (bicyclic) bond motifs is 2. The van der Waals surface area contributed by atoms with Gasteiger partial charge in [0.2, 0.25) is 0 Å². The van der Waals surface area contributed by atoms with E-state index in [2.05, 4.69) is 43.0 Å². The van der Waals surface area contributed by atoms with E-state index in [-0.39, 0.29) is 0 Å². The quantitative estimate of drug-likeness (QED) is 0.544. The molecule has 0 atom stereocenters. The number of hydrogen-bond acceptors (Lipinski definition) is 6. The third-order valence-electron chi connectivity index (χ3n) is 3.98. The number of aromatic amines is 1. The molecule has 0 radical (unpaired) electrons. The van der Waals surface area contributed by atoms with Gasteiger partial charge in [-0.2, -0.15) is 5.10 Å². The number of imidazole rings is 1. The van der Waals surface area contributed by atoms with Crippen LogP contribution >= 0.6 is 11.8 Å². The maximum atomic E-state index is 4.74. The second kappa shape index (κ2) is 6.12. The van der Waals surface area contributed by atoms with E-state index in [0.717, 1.165) is 45.3 Å². The number of rotatable bonds is 5. The van der Waals surface area contributed by atoms with Crippen LogP contribution in [0.25, 0.3) is 22.1 Å². The lowest BCUT2D eigenvalue weighted by molar-refractivity contribution is 0.728. The Morgan fingerprint density at radius 3 is 2.96 bits per heavy atom. The number of aryl methyl sites for hydroxylation is 1. The average Bonchev–Trinajstić information content (AvgIpc) is 3.20. The Morgan fingerprint density at radius 1 is 1.25 bits per heavy atom. The van der Waals surface area contributed by atoms with Crippen LogP contribution in [-0.4, -0.2) is 36.0 Å². The summed E-state index contributed by atoms with van der Waals surface area (Å²) in [4.78, 5) is 13.3. The highest BCUT2D eigenvalue weighted by molar-refractivity contribution is 7.98. The molecule has 0 aliphatic rings. The first-order chi connectivity index (χ1) is 11.8. The van der Waals surface area contributed by atoms with Gasteiger partial charge in [0.25, 0.3) is 0 Å². The van der Waals surface area contributed by atoms with Crippen molar-refractivity contribution in [1.82, 2.24) is 29.7 Å². The van der Waals surface area contributed by atoms with Gasteiger partial charge in [0.1, 0.15) is 23.0 Å². The number of para-hydroxylation sites is 2. The average molecular weight is 339 g/mol. The molecule has 0 aliphatic carbocycles. The van der Waals surface area contributed by atoms with Crippen molar-refractivity contribution in [2.45, 2.75) is 25.0 Å². The summed E-state index contributed by atoms with van der Waals surface area (Å²) in [6.07, 6.45) is 3.53. The van der Waals surface area contributed by atoms with Crippen molar-refractivity contribution in [3.63, 3.8) is 0 Å². The minimum atomic E-state index is 0.591. The molecular weight excluding hydrogens is 322 g/mol. The molecule has 0 bridgehead atoms. The van der Waals surface area contributed by atoms with Gasteiger partial charge in [-0.05, 0) is 25.3 Å². The summed E-state index contributed by atoms with van der Waals surface area (Å²) < 4.78 is 2.21. The highest BCUT2D eigenvalue weighted by Crippen LogP contribution is 2.28. The summed E-state index contributed by atoms with van der Waals surface area (Å²) in [5, 5.41) is 12.4. The van der Waals surface area contributed by atoms with Crippen LogP contribution in [0.1, 0.15) is 12.7 Å². The molecule has 0 spiro atoms. The molecule has 0 unspecified atom stereocenters. The zero-order valence-electron chi connectivity index (χ0n) is 13.4. The fraction of sp³-hybridized carbons (Fsp3) is 0.250. The normalized spacial score (nSPS) is 11.4. The Balaban J connectivity index is 1.70. The zero-order chi connectivity index (χ0) is 16.5. The third-order valence-corrected chi connectivity index (χ3v) is 4.66. The van der Waals surface area contributed by atoms with Crippen LogP contribution in [0.15, 0.2) is 35.6 Å². The Kier molecular flexibility index (Phi) is 3.81. The summed E-state index contributed by atoms with van der Waals surface area (Å²) >= 11 is 1.57. The van der Waals surface area contributed by atoms with Crippen LogP contribution in [-0.2, 0) is 13.1 Å². The molecule has 0 saturated heterocycles. The van der Waals surface area contributed by atoms with Gasteiger partial charge in [-0.1, -0.05) is 12.1 Å². The van der Waals surface area contributed by atoms with Crippen molar-refractivity contribution in [3.05, 3.63) is 36.4 Å². The van der Waals surface area contributed by atoms with Crippen molar-refractivity contribution in [3.8, 4) is 0 Å². The van der Waals surface area contributed by atoms with Crippen molar-refractivity contribution < 1.29 is 0 Å². The molecule has 2 N–H and O–H groups in total. The highest BCUT2D eigenvalue weighted by atomic mass is 32.2. The van der Waals surface area contributed by atoms with E-state index in [0.29, 0.717) is 6.54 Å². The predicted octanol–water partition coefficient (Wildman–Crippen LogP) is 3.06. The van der Waals surface area contributed by atoms with E-state index in [1.165, 1.54) is 6.33 Å². The first-order valence-corrected chi connectivity index (χ1v) is 8.95. The third kappa shape index (κ3) is 2.39. The smallest absolute Gasteiger partial charge is 0.161 e. The molecule has 3 heterocycles. The minimum Gasteiger partial charge on any atom is -0.362 e. The molecular formula is C16H17N7S. The van der Waals surface area contributed by atoms with Gasteiger partial charge in [0.15, 0.2) is 5.65 Å². The monoisotopic (exact) mass is 339 g/mol. The van der Waals surface area contributed by atoms with Gasteiger partial charge >= 0.3 is 0 Å². The Bertz CT molecular complexity index is 1000. The first-order valence-electron chi connectivity index (χ1n) is 7.73. The van der Waals surface area contributed by atoms with Gasteiger partial charge in [0.05, 0.1) is 23.0 Å². The molecule has 0 amide bonds. The van der Waals surface area contributed by atoms with Gasteiger partial charge in [-0.15, -0.1) is 11.8 Å². The van der Waals surface area contributed by atoms with E-state index in [1.807, 2.05) is 24.5 Å². The largest absolute Gasteiger partial charge is 0.362 e.